The zero-order chi connectivity index (χ0) is 41.1. The molecule has 0 aliphatic rings. The predicted molar refractivity (Wildman–Crippen MR) is 268 cm³/mol. The molecule has 1 heteroatoms. The molecule has 0 aliphatic heterocycles. The standard InChI is InChI=1S/C60H45P/c1-4-10-46(11-5-1)16-19-49-22-28-52(29-23-49)55-34-40-58(41-35-55)61(59-42-36-56(37-43-59)53-30-24-50(25-31-53)20-17-47-12-6-2-7-13-47)60-44-38-57(39-45-60)54-32-26-51(27-33-54)21-18-48-14-8-3-9-15-48/h1-45H. The summed E-state index contributed by atoms with van der Waals surface area (Å²) in [6.45, 7) is 0. The fraction of sp³-hybridized carbons (Fsp3) is 0. The summed E-state index contributed by atoms with van der Waals surface area (Å²) in [7, 11) is -0.814. The molecule has 0 aliphatic carbocycles. The lowest BCUT2D eigenvalue weighted by atomic mass is 10.0. The highest BCUT2D eigenvalue weighted by Gasteiger charge is 2.17. The van der Waals surface area contributed by atoms with E-state index in [9.17, 15) is 0 Å². The van der Waals surface area contributed by atoms with E-state index < -0.39 is 7.92 Å². The van der Waals surface area contributed by atoms with Gasteiger partial charge < -0.3 is 0 Å². The van der Waals surface area contributed by atoms with Gasteiger partial charge in [0.05, 0.1) is 0 Å². The molecular formula is C60H45P. The molecule has 61 heavy (non-hydrogen) atoms. The molecule has 0 amide bonds. The van der Waals surface area contributed by atoms with Gasteiger partial charge in [-0.2, -0.15) is 0 Å². The van der Waals surface area contributed by atoms with Gasteiger partial charge in [0.1, 0.15) is 0 Å². The highest BCUT2D eigenvalue weighted by atomic mass is 31.1. The van der Waals surface area contributed by atoms with E-state index in [0.29, 0.717) is 0 Å². The van der Waals surface area contributed by atoms with Crippen LogP contribution >= 0.6 is 7.92 Å². The first kappa shape index (κ1) is 39.1. The molecular weight excluding hydrogens is 752 g/mol. The Labute approximate surface area is 362 Å². The topological polar surface area (TPSA) is 0 Å². The number of rotatable bonds is 12. The van der Waals surface area contributed by atoms with Crippen LogP contribution in [0.2, 0.25) is 0 Å². The minimum atomic E-state index is -0.814. The first-order valence-electron chi connectivity index (χ1n) is 20.8. The third-order valence-corrected chi connectivity index (χ3v) is 13.4. The van der Waals surface area contributed by atoms with E-state index in [0.717, 1.165) is 0 Å². The normalized spacial score (nSPS) is 12.0. The summed E-state index contributed by atoms with van der Waals surface area (Å²) in [6.07, 6.45) is 13.0. The van der Waals surface area contributed by atoms with E-state index in [2.05, 4.69) is 255 Å². The second-order valence-corrected chi connectivity index (χ2v) is 17.3. The molecule has 0 spiro atoms. The van der Waals surface area contributed by atoms with Crippen LogP contribution in [0, 0.1) is 0 Å². The van der Waals surface area contributed by atoms with Crippen molar-refractivity contribution >= 4 is 60.3 Å². The Balaban J connectivity index is 0.967. The van der Waals surface area contributed by atoms with Gasteiger partial charge in [0.2, 0.25) is 0 Å². The molecule has 9 aromatic rings. The summed E-state index contributed by atoms with van der Waals surface area (Å²) in [5, 5.41) is 3.97. The first-order valence-corrected chi connectivity index (χ1v) is 22.2. The van der Waals surface area contributed by atoms with Crippen LogP contribution in [0.15, 0.2) is 237 Å². The Morgan fingerprint density at radius 2 is 0.361 bits per heavy atom. The van der Waals surface area contributed by atoms with Crippen LogP contribution in [0.4, 0.5) is 0 Å². The summed E-state index contributed by atoms with van der Waals surface area (Å²) < 4.78 is 0. The van der Waals surface area contributed by atoms with Gasteiger partial charge in [0, 0.05) is 0 Å². The minimum absolute atomic E-state index is 0.814. The fourth-order valence-corrected chi connectivity index (χ4v) is 9.72. The lowest BCUT2D eigenvalue weighted by Gasteiger charge is -2.21. The molecule has 0 saturated carbocycles. The summed E-state index contributed by atoms with van der Waals surface area (Å²) in [6, 6.07) is 85.5. The van der Waals surface area contributed by atoms with Gasteiger partial charge in [-0.15, -0.1) is 0 Å². The van der Waals surface area contributed by atoms with Crippen LogP contribution in [0.1, 0.15) is 33.4 Å². The van der Waals surface area contributed by atoms with Gasteiger partial charge in [-0.3, -0.25) is 0 Å². The Bertz CT molecular complexity index is 2530. The van der Waals surface area contributed by atoms with E-state index in [-0.39, 0.29) is 0 Å². The molecule has 290 valence electrons. The second-order valence-electron chi connectivity index (χ2n) is 15.1. The highest BCUT2D eigenvalue weighted by Crippen LogP contribution is 2.36. The molecule has 9 aromatic carbocycles. The van der Waals surface area contributed by atoms with Crippen molar-refractivity contribution in [3.05, 3.63) is 270 Å². The number of hydrogen-bond donors (Lipinski definition) is 0. The Morgan fingerprint density at radius 3 is 0.574 bits per heavy atom. The molecule has 0 bridgehead atoms. The number of hydrogen-bond acceptors (Lipinski definition) is 0. The average molecular weight is 797 g/mol. The molecule has 0 nitrogen and oxygen atoms in total. The zero-order valence-electron chi connectivity index (χ0n) is 33.9. The van der Waals surface area contributed by atoms with Crippen molar-refractivity contribution in [3.8, 4) is 33.4 Å². The van der Waals surface area contributed by atoms with E-state index in [4.69, 9.17) is 0 Å². The van der Waals surface area contributed by atoms with Crippen LogP contribution in [-0.4, -0.2) is 0 Å². The summed E-state index contributed by atoms with van der Waals surface area (Å²) in [5.41, 5.74) is 14.4. The van der Waals surface area contributed by atoms with Gasteiger partial charge in [-0.05, 0) is 90.6 Å². The maximum atomic E-state index is 2.33. The van der Waals surface area contributed by atoms with Gasteiger partial charge >= 0.3 is 0 Å². The molecule has 0 heterocycles. The highest BCUT2D eigenvalue weighted by molar-refractivity contribution is 7.79. The average Bonchev–Trinajstić information content (AvgIpc) is 3.34. The largest absolute Gasteiger partial charge is 0.0622 e. The number of benzene rings is 9. The first-order chi connectivity index (χ1) is 30.2. The van der Waals surface area contributed by atoms with E-state index in [1.54, 1.807) is 0 Å². The third-order valence-electron chi connectivity index (χ3n) is 10.9. The van der Waals surface area contributed by atoms with Crippen LogP contribution < -0.4 is 15.9 Å². The smallest absolute Gasteiger partial charge is 0.0134 e. The van der Waals surface area contributed by atoms with Gasteiger partial charge in [-0.25, -0.2) is 0 Å². The van der Waals surface area contributed by atoms with Crippen molar-refractivity contribution < 1.29 is 0 Å². The Morgan fingerprint density at radius 1 is 0.180 bits per heavy atom. The molecule has 0 unspecified atom stereocenters. The Hall–Kier alpha value is -7.37. The SMILES string of the molecule is C(=Cc1ccc(-c2ccc(P(c3ccc(-c4ccc(C=Cc5ccccc5)cc4)cc3)c3ccc(-c4ccc(C=Cc5ccccc5)cc4)cc3)cc2)cc1)c1ccccc1. The molecule has 9 rings (SSSR count). The fourth-order valence-electron chi connectivity index (χ4n) is 7.49. The van der Waals surface area contributed by atoms with Gasteiger partial charge in [0.25, 0.3) is 0 Å². The van der Waals surface area contributed by atoms with Crippen molar-refractivity contribution in [2.75, 3.05) is 0 Å². The van der Waals surface area contributed by atoms with E-state index in [1.807, 2.05) is 18.2 Å². The van der Waals surface area contributed by atoms with Crippen molar-refractivity contribution in [1.82, 2.24) is 0 Å². The summed E-state index contributed by atoms with van der Waals surface area (Å²) in [5.74, 6) is 0. The van der Waals surface area contributed by atoms with Crippen LogP contribution in [0.25, 0.3) is 69.8 Å². The predicted octanol–water partition coefficient (Wildman–Crippen LogP) is 15.0. The minimum Gasteiger partial charge on any atom is -0.0622 e. The Kier molecular flexibility index (Phi) is 12.3. The van der Waals surface area contributed by atoms with E-state index in [1.165, 1.54) is 82.7 Å². The zero-order valence-corrected chi connectivity index (χ0v) is 34.8. The van der Waals surface area contributed by atoms with Crippen molar-refractivity contribution in [2.45, 2.75) is 0 Å². The molecule has 0 fully saturated rings. The molecule has 0 radical (unpaired) electrons. The summed E-state index contributed by atoms with van der Waals surface area (Å²) >= 11 is 0. The molecule has 0 atom stereocenters. The van der Waals surface area contributed by atoms with E-state index >= 15 is 0 Å². The van der Waals surface area contributed by atoms with Crippen LogP contribution in [0.3, 0.4) is 0 Å². The van der Waals surface area contributed by atoms with Crippen LogP contribution in [-0.2, 0) is 0 Å². The second kappa shape index (κ2) is 19.1. The van der Waals surface area contributed by atoms with Gasteiger partial charge in [-0.1, -0.05) is 273 Å². The quantitative estimate of drug-likeness (QED) is 0.0853. The lowest BCUT2D eigenvalue weighted by Crippen LogP contribution is -2.20. The molecule has 0 N–H and O–H groups in total. The lowest BCUT2D eigenvalue weighted by molar-refractivity contribution is 1.60. The maximum Gasteiger partial charge on any atom is -0.0134 e. The molecule has 0 aromatic heterocycles. The molecule has 0 saturated heterocycles. The monoisotopic (exact) mass is 796 g/mol. The van der Waals surface area contributed by atoms with Crippen molar-refractivity contribution in [3.63, 3.8) is 0 Å². The van der Waals surface area contributed by atoms with Gasteiger partial charge in [0.15, 0.2) is 0 Å². The third kappa shape index (κ3) is 10.1. The maximum absolute atomic E-state index is 2.33. The van der Waals surface area contributed by atoms with Crippen molar-refractivity contribution in [1.29, 1.82) is 0 Å². The summed E-state index contributed by atoms with van der Waals surface area (Å²) in [4.78, 5) is 0. The van der Waals surface area contributed by atoms with Crippen molar-refractivity contribution in [2.24, 2.45) is 0 Å². The van der Waals surface area contributed by atoms with Crippen LogP contribution in [0.5, 0.6) is 0 Å².